The lowest BCUT2D eigenvalue weighted by molar-refractivity contribution is -0.125. The average molecular weight is 313 g/mol. The van der Waals surface area contributed by atoms with Gasteiger partial charge in [0, 0.05) is 24.2 Å². The van der Waals surface area contributed by atoms with Crippen LogP contribution >= 0.6 is 0 Å². The van der Waals surface area contributed by atoms with Crippen molar-refractivity contribution in [2.45, 2.75) is 19.5 Å². The van der Waals surface area contributed by atoms with E-state index in [1.807, 2.05) is 24.4 Å². The lowest BCUT2D eigenvalue weighted by atomic mass is 10.1. The molecule has 1 aromatic carbocycles. The Kier molecular flexibility index (Phi) is 3.55. The van der Waals surface area contributed by atoms with Crippen LogP contribution in [0, 0.1) is 0 Å². The highest BCUT2D eigenvalue weighted by atomic mass is 19.1. The highest BCUT2D eigenvalue weighted by molar-refractivity contribution is 5.97. The van der Waals surface area contributed by atoms with Crippen molar-refractivity contribution < 1.29 is 9.18 Å². The first-order chi connectivity index (χ1) is 10.8. The number of aromatic nitrogens is 4. The van der Waals surface area contributed by atoms with Crippen molar-refractivity contribution in [3.05, 3.63) is 36.7 Å². The van der Waals surface area contributed by atoms with E-state index in [0.717, 1.165) is 22.0 Å². The van der Waals surface area contributed by atoms with Gasteiger partial charge >= 0.3 is 0 Å². The normalized spacial score (nSPS) is 11.7. The van der Waals surface area contributed by atoms with Gasteiger partial charge in [0.25, 0.3) is 5.91 Å². The van der Waals surface area contributed by atoms with Gasteiger partial charge in [0.1, 0.15) is 11.5 Å². The first-order valence-electron chi connectivity index (χ1n) is 7.10. The largest absolute Gasteiger partial charge is 0.308 e. The molecular formula is C16H16FN5O. The minimum atomic E-state index is -1.96. The fourth-order valence-corrected chi connectivity index (χ4v) is 2.11. The molecular weight excluding hydrogens is 297 g/mol. The zero-order valence-corrected chi connectivity index (χ0v) is 13.0. The number of nitrogens with one attached hydrogen (secondary N) is 1. The number of hydrogen-bond acceptors (Lipinski definition) is 4. The van der Waals surface area contributed by atoms with E-state index in [1.165, 1.54) is 13.8 Å². The summed E-state index contributed by atoms with van der Waals surface area (Å²) >= 11 is 0. The smallest absolute Gasteiger partial charge is 0.262 e. The third-order valence-corrected chi connectivity index (χ3v) is 3.40. The molecule has 1 amide bonds. The van der Waals surface area contributed by atoms with Crippen LogP contribution in [-0.2, 0) is 11.8 Å². The third kappa shape index (κ3) is 3.18. The van der Waals surface area contributed by atoms with Gasteiger partial charge in [0.2, 0.25) is 0 Å². The molecule has 2 aromatic heterocycles. The van der Waals surface area contributed by atoms with E-state index >= 15 is 0 Å². The quantitative estimate of drug-likeness (QED) is 0.807. The van der Waals surface area contributed by atoms with Crippen molar-refractivity contribution in [1.29, 1.82) is 0 Å². The molecule has 0 radical (unpaired) electrons. The predicted octanol–water partition coefficient (Wildman–Crippen LogP) is 2.72. The van der Waals surface area contributed by atoms with Gasteiger partial charge in [0.05, 0.1) is 6.20 Å². The van der Waals surface area contributed by atoms with Crippen LogP contribution in [-0.4, -0.2) is 31.6 Å². The Morgan fingerprint density at radius 3 is 2.70 bits per heavy atom. The summed E-state index contributed by atoms with van der Waals surface area (Å²) in [4.78, 5) is 15.9. The number of amides is 1. The Hall–Kier alpha value is -2.83. The Bertz CT molecular complexity index is 882. The number of aryl methyl sites for hydroxylation is 1. The Morgan fingerprint density at radius 1 is 1.26 bits per heavy atom. The zero-order valence-electron chi connectivity index (χ0n) is 13.0. The van der Waals surface area contributed by atoms with Crippen LogP contribution in [0.4, 0.5) is 10.2 Å². The fraction of sp³-hybridized carbons (Fsp3) is 0.250. The molecule has 23 heavy (non-hydrogen) atoms. The summed E-state index contributed by atoms with van der Waals surface area (Å²) in [5.41, 5.74) is -0.306. The minimum absolute atomic E-state index is 0.310. The zero-order chi connectivity index (χ0) is 16.6. The number of carbonyl (C=O) groups is 1. The number of hydrogen-bond donors (Lipinski definition) is 1. The molecule has 0 spiro atoms. The number of benzene rings is 1. The SMILES string of the molecule is Cn1cc(-c2ccc3cnc(NC(=O)C(C)(C)F)cc3c2)nn1. The summed E-state index contributed by atoms with van der Waals surface area (Å²) < 4.78 is 15.2. The number of carbonyl (C=O) groups excluding carboxylic acids is 1. The lowest BCUT2D eigenvalue weighted by Crippen LogP contribution is -2.32. The number of anilines is 1. The summed E-state index contributed by atoms with van der Waals surface area (Å²) in [6.45, 7) is 2.41. The first-order valence-corrected chi connectivity index (χ1v) is 7.10. The fourth-order valence-electron chi connectivity index (χ4n) is 2.11. The second kappa shape index (κ2) is 5.42. The van der Waals surface area contributed by atoms with E-state index in [9.17, 15) is 9.18 Å². The Morgan fingerprint density at radius 2 is 2.04 bits per heavy atom. The summed E-state index contributed by atoms with van der Waals surface area (Å²) in [5, 5.41) is 12.2. The molecule has 3 rings (SSSR count). The summed E-state index contributed by atoms with van der Waals surface area (Å²) in [5.74, 6) is -0.418. The van der Waals surface area contributed by atoms with Crippen LogP contribution in [0.25, 0.3) is 22.0 Å². The molecule has 0 bridgehead atoms. The molecule has 0 saturated carbocycles. The van der Waals surface area contributed by atoms with E-state index in [-0.39, 0.29) is 0 Å². The molecule has 2 heterocycles. The second-order valence-electron chi connectivity index (χ2n) is 5.84. The van der Waals surface area contributed by atoms with Gasteiger partial charge in [-0.05, 0) is 31.4 Å². The molecule has 0 aliphatic carbocycles. The molecule has 0 fully saturated rings. The lowest BCUT2D eigenvalue weighted by Gasteiger charge is -2.13. The molecule has 0 unspecified atom stereocenters. The molecule has 0 aliphatic heterocycles. The highest BCUT2D eigenvalue weighted by Crippen LogP contribution is 2.24. The van der Waals surface area contributed by atoms with E-state index in [2.05, 4.69) is 20.6 Å². The average Bonchev–Trinajstić information content (AvgIpc) is 2.92. The third-order valence-electron chi connectivity index (χ3n) is 3.40. The van der Waals surface area contributed by atoms with Gasteiger partial charge in [0.15, 0.2) is 5.67 Å². The van der Waals surface area contributed by atoms with E-state index in [4.69, 9.17) is 0 Å². The standard InChI is InChI=1S/C16H16FN5O/c1-16(2,17)15(23)19-14-7-12-6-10(4-5-11(12)8-18-14)13-9-22(3)21-20-13/h4-9H,1-3H3,(H,18,19,23). The summed E-state index contributed by atoms with van der Waals surface area (Å²) in [7, 11) is 1.80. The predicted molar refractivity (Wildman–Crippen MR) is 85.6 cm³/mol. The summed E-state index contributed by atoms with van der Waals surface area (Å²) in [6.07, 6.45) is 3.45. The maximum Gasteiger partial charge on any atom is 0.262 e. The van der Waals surface area contributed by atoms with Gasteiger partial charge in [-0.25, -0.2) is 9.37 Å². The minimum Gasteiger partial charge on any atom is -0.308 e. The molecule has 1 N–H and O–H groups in total. The molecule has 0 atom stereocenters. The van der Waals surface area contributed by atoms with Crippen LogP contribution < -0.4 is 5.32 Å². The maximum absolute atomic E-state index is 13.6. The number of nitrogens with zero attached hydrogens (tertiary/aromatic N) is 4. The summed E-state index contributed by atoms with van der Waals surface area (Å²) in [6, 6.07) is 7.48. The van der Waals surface area contributed by atoms with Crippen molar-refractivity contribution in [3.63, 3.8) is 0 Å². The van der Waals surface area contributed by atoms with Crippen LogP contribution in [0.1, 0.15) is 13.8 Å². The highest BCUT2D eigenvalue weighted by Gasteiger charge is 2.26. The van der Waals surface area contributed by atoms with Crippen LogP contribution in [0.15, 0.2) is 36.7 Å². The van der Waals surface area contributed by atoms with Gasteiger partial charge < -0.3 is 5.32 Å². The number of rotatable bonds is 3. The van der Waals surface area contributed by atoms with Gasteiger partial charge in [-0.15, -0.1) is 5.10 Å². The number of alkyl halides is 1. The van der Waals surface area contributed by atoms with Crippen molar-refractivity contribution in [1.82, 2.24) is 20.0 Å². The van der Waals surface area contributed by atoms with Crippen LogP contribution in [0.5, 0.6) is 0 Å². The van der Waals surface area contributed by atoms with Crippen LogP contribution in [0.2, 0.25) is 0 Å². The van der Waals surface area contributed by atoms with E-state index < -0.39 is 11.6 Å². The maximum atomic E-state index is 13.6. The Labute approximate surface area is 132 Å². The van der Waals surface area contributed by atoms with Gasteiger partial charge in [-0.2, -0.15) is 0 Å². The molecule has 0 aliphatic rings. The van der Waals surface area contributed by atoms with Crippen molar-refractivity contribution in [2.24, 2.45) is 7.05 Å². The molecule has 118 valence electrons. The molecule has 3 aromatic rings. The monoisotopic (exact) mass is 313 g/mol. The van der Waals surface area contributed by atoms with Crippen molar-refractivity contribution >= 4 is 22.5 Å². The number of pyridine rings is 1. The Balaban J connectivity index is 1.96. The van der Waals surface area contributed by atoms with Crippen molar-refractivity contribution in [2.75, 3.05) is 5.32 Å². The molecule has 6 nitrogen and oxygen atoms in total. The number of halogens is 1. The van der Waals surface area contributed by atoms with Crippen LogP contribution in [0.3, 0.4) is 0 Å². The van der Waals surface area contributed by atoms with Crippen molar-refractivity contribution in [3.8, 4) is 11.3 Å². The van der Waals surface area contributed by atoms with E-state index in [0.29, 0.717) is 5.82 Å². The van der Waals surface area contributed by atoms with Gasteiger partial charge in [-0.3, -0.25) is 9.48 Å². The second-order valence-corrected chi connectivity index (χ2v) is 5.84. The van der Waals surface area contributed by atoms with E-state index in [1.54, 1.807) is 24.0 Å². The van der Waals surface area contributed by atoms with Gasteiger partial charge in [-0.1, -0.05) is 17.3 Å². The number of fused-ring (bicyclic) bond motifs is 1. The molecule has 7 heteroatoms. The topological polar surface area (TPSA) is 72.7 Å². The molecule has 0 saturated heterocycles. The first kappa shape index (κ1) is 15.1.